The molecular formula is C13H18FN3O2. The van der Waals surface area contributed by atoms with Gasteiger partial charge in [-0.15, -0.1) is 0 Å². The summed E-state index contributed by atoms with van der Waals surface area (Å²) < 4.78 is 13.7. The van der Waals surface area contributed by atoms with Crippen LogP contribution in [0.2, 0.25) is 0 Å². The Hall–Kier alpha value is -2.11. The highest BCUT2D eigenvalue weighted by Gasteiger charge is 2.09. The highest BCUT2D eigenvalue weighted by atomic mass is 19.1. The van der Waals surface area contributed by atoms with E-state index in [0.29, 0.717) is 6.42 Å². The fourth-order valence-corrected chi connectivity index (χ4v) is 1.58. The second-order valence-electron chi connectivity index (χ2n) is 4.19. The normalized spacial score (nSPS) is 11.4. The molecule has 1 amide bonds. The zero-order valence-corrected chi connectivity index (χ0v) is 10.8. The van der Waals surface area contributed by atoms with Gasteiger partial charge >= 0.3 is 0 Å². The average molecular weight is 267 g/mol. The second kappa shape index (κ2) is 7.35. The van der Waals surface area contributed by atoms with Crippen LogP contribution >= 0.6 is 0 Å². The van der Waals surface area contributed by atoms with E-state index in [-0.39, 0.29) is 23.0 Å². The van der Waals surface area contributed by atoms with E-state index < -0.39 is 5.82 Å². The molecule has 19 heavy (non-hydrogen) atoms. The number of amidine groups is 1. The Morgan fingerprint density at radius 3 is 2.79 bits per heavy atom. The molecular weight excluding hydrogens is 249 g/mol. The minimum atomic E-state index is -0.618. The van der Waals surface area contributed by atoms with Crippen molar-refractivity contribution < 1.29 is 14.4 Å². The molecule has 0 atom stereocenters. The van der Waals surface area contributed by atoms with Gasteiger partial charge in [0.25, 0.3) is 0 Å². The fraction of sp³-hybridized carbons (Fsp3) is 0.385. The van der Waals surface area contributed by atoms with E-state index in [2.05, 4.69) is 10.5 Å². The molecule has 4 N–H and O–H groups in total. The van der Waals surface area contributed by atoms with Gasteiger partial charge in [0.1, 0.15) is 5.82 Å². The average Bonchev–Trinajstić information content (AvgIpc) is 2.40. The quantitative estimate of drug-likeness (QED) is 0.243. The third-order valence-electron chi connectivity index (χ3n) is 2.65. The summed E-state index contributed by atoms with van der Waals surface area (Å²) in [5.74, 6) is -1.02. The first kappa shape index (κ1) is 14.9. The van der Waals surface area contributed by atoms with Crippen molar-refractivity contribution in [1.29, 1.82) is 0 Å². The van der Waals surface area contributed by atoms with Crippen LogP contribution in [0.5, 0.6) is 0 Å². The zero-order valence-electron chi connectivity index (χ0n) is 10.8. The van der Waals surface area contributed by atoms with Gasteiger partial charge in [-0.2, -0.15) is 0 Å². The molecule has 0 radical (unpaired) electrons. The summed E-state index contributed by atoms with van der Waals surface area (Å²) >= 11 is 0. The summed E-state index contributed by atoms with van der Waals surface area (Å²) in [5.41, 5.74) is 5.69. The molecule has 0 heterocycles. The molecule has 0 saturated carbocycles. The lowest BCUT2D eigenvalue weighted by Crippen LogP contribution is -2.15. The molecule has 0 aliphatic rings. The van der Waals surface area contributed by atoms with Gasteiger partial charge in [-0.05, 0) is 24.6 Å². The van der Waals surface area contributed by atoms with Crippen LogP contribution in [0.15, 0.2) is 23.4 Å². The molecule has 0 aromatic heterocycles. The Kier molecular flexibility index (Phi) is 5.78. The topological polar surface area (TPSA) is 87.7 Å². The number of nitrogens with one attached hydrogen (secondary N) is 1. The molecule has 5 nitrogen and oxygen atoms in total. The predicted octanol–water partition coefficient (Wildman–Crippen LogP) is 2.44. The van der Waals surface area contributed by atoms with Gasteiger partial charge in [-0.3, -0.25) is 4.79 Å². The van der Waals surface area contributed by atoms with Gasteiger partial charge in [0.15, 0.2) is 5.84 Å². The number of amides is 1. The molecule has 1 aromatic carbocycles. The van der Waals surface area contributed by atoms with Crippen molar-refractivity contribution >= 4 is 17.4 Å². The number of oxime groups is 1. The largest absolute Gasteiger partial charge is 0.409 e. The number of anilines is 1. The number of benzene rings is 1. The highest BCUT2D eigenvalue weighted by molar-refractivity contribution is 5.98. The molecule has 0 saturated heterocycles. The number of nitrogens with zero attached hydrogens (tertiary/aromatic N) is 1. The lowest BCUT2D eigenvalue weighted by Gasteiger charge is -2.07. The lowest BCUT2D eigenvalue weighted by atomic mass is 10.1. The van der Waals surface area contributed by atoms with Gasteiger partial charge in [-0.1, -0.05) is 24.9 Å². The van der Waals surface area contributed by atoms with Crippen LogP contribution in [0.3, 0.4) is 0 Å². The Morgan fingerprint density at radius 1 is 1.47 bits per heavy atom. The molecule has 0 spiro atoms. The summed E-state index contributed by atoms with van der Waals surface area (Å²) in [5, 5.41) is 13.8. The predicted molar refractivity (Wildman–Crippen MR) is 71.7 cm³/mol. The van der Waals surface area contributed by atoms with E-state index in [1.54, 1.807) is 0 Å². The number of carbonyl (C=O) groups excluding carboxylic acids is 1. The number of halogens is 1. The third kappa shape index (κ3) is 4.57. The van der Waals surface area contributed by atoms with Crippen LogP contribution in [-0.4, -0.2) is 17.0 Å². The van der Waals surface area contributed by atoms with Crippen molar-refractivity contribution in [3.05, 3.63) is 29.6 Å². The van der Waals surface area contributed by atoms with E-state index in [1.807, 2.05) is 6.92 Å². The van der Waals surface area contributed by atoms with Gasteiger partial charge in [0.05, 0.1) is 5.69 Å². The maximum Gasteiger partial charge on any atom is 0.224 e. The van der Waals surface area contributed by atoms with Crippen LogP contribution in [0, 0.1) is 5.82 Å². The van der Waals surface area contributed by atoms with Crippen LogP contribution in [0.4, 0.5) is 10.1 Å². The van der Waals surface area contributed by atoms with Gasteiger partial charge in [0.2, 0.25) is 5.91 Å². The summed E-state index contributed by atoms with van der Waals surface area (Å²) in [6.45, 7) is 2.05. The van der Waals surface area contributed by atoms with Crippen LogP contribution in [0.25, 0.3) is 0 Å². The van der Waals surface area contributed by atoms with Crippen molar-refractivity contribution in [2.24, 2.45) is 10.9 Å². The molecule has 0 bridgehead atoms. The minimum absolute atomic E-state index is 0.0935. The van der Waals surface area contributed by atoms with Crippen molar-refractivity contribution in [3.8, 4) is 0 Å². The third-order valence-corrected chi connectivity index (χ3v) is 2.65. The Morgan fingerprint density at radius 2 is 2.21 bits per heavy atom. The van der Waals surface area contributed by atoms with E-state index in [4.69, 9.17) is 10.9 Å². The first-order chi connectivity index (χ1) is 9.08. The smallest absolute Gasteiger partial charge is 0.224 e. The van der Waals surface area contributed by atoms with E-state index in [1.165, 1.54) is 12.1 Å². The number of carbonyl (C=O) groups is 1. The molecule has 0 unspecified atom stereocenters. The number of hydrogen-bond donors (Lipinski definition) is 3. The maximum absolute atomic E-state index is 13.7. The first-order valence-corrected chi connectivity index (χ1v) is 6.15. The number of unbranched alkanes of at least 4 members (excludes halogenated alkanes) is 2. The molecule has 1 rings (SSSR count). The number of rotatable bonds is 6. The van der Waals surface area contributed by atoms with Gasteiger partial charge in [0, 0.05) is 12.0 Å². The molecule has 0 aliphatic heterocycles. The Balaban J connectivity index is 2.67. The second-order valence-corrected chi connectivity index (χ2v) is 4.19. The van der Waals surface area contributed by atoms with Crippen LogP contribution in [-0.2, 0) is 4.79 Å². The van der Waals surface area contributed by atoms with Gasteiger partial charge in [-0.25, -0.2) is 4.39 Å². The van der Waals surface area contributed by atoms with Crippen molar-refractivity contribution in [1.82, 2.24) is 0 Å². The summed E-state index contributed by atoms with van der Waals surface area (Å²) in [6, 6.07) is 3.97. The first-order valence-electron chi connectivity index (χ1n) is 6.15. The Bertz CT molecular complexity index is 475. The van der Waals surface area contributed by atoms with E-state index in [0.717, 1.165) is 25.3 Å². The maximum atomic E-state index is 13.7. The highest BCUT2D eigenvalue weighted by Crippen LogP contribution is 2.16. The van der Waals surface area contributed by atoms with Crippen LogP contribution in [0.1, 0.15) is 38.2 Å². The zero-order chi connectivity index (χ0) is 14.3. The monoisotopic (exact) mass is 267 g/mol. The molecule has 0 fully saturated rings. The molecule has 0 aliphatic carbocycles. The minimum Gasteiger partial charge on any atom is -0.409 e. The fourth-order valence-electron chi connectivity index (χ4n) is 1.58. The lowest BCUT2D eigenvalue weighted by molar-refractivity contribution is -0.116. The summed E-state index contributed by atoms with van der Waals surface area (Å²) in [6.07, 6.45) is 3.15. The SMILES string of the molecule is CCCCCC(=O)Nc1ccc(/C(N)=N/O)cc1F. The Labute approximate surface area is 111 Å². The summed E-state index contributed by atoms with van der Waals surface area (Å²) in [4.78, 5) is 11.5. The van der Waals surface area contributed by atoms with E-state index in [9.17, 15) is 9.18 Å². The standard InChI is InChI=1S/C13H18FN3O2/c1-2-3-4-5-12(18)16-11-7-6-9(8-10(11)14)13(15)17-19/h6-8,19H,2-5H2,1H3,(H2,15,17)(H,16,18). The summed E-state index contributed by atoms with van der Waals surface area (Å²) in [7, 11) is 0. The number of nitrogens with two attached hydrogens (primary N) is 1. The van der Waals surface area contributed by atoms with Crippen molar-refractivity contribution in [3.63, 3.8) is 0 Å². The van der Waals surface area contributed by atoms with Crippen LogP contribution < -0.4 is 11.1 Å². The number of hydrogen-bond acceptors (Lipinski definition) is 3. The molecule has 104 valence electrons. The van der Waals surface area contributed by atoms with E-state index >= 15 is 0 Å². The molecule has 1 aromatic rings. The van der Waals surface area contributed by atoms with Gasteiger partial charge < -0.3 is 16.3 Å². The van der Waals surface area contributed by atoms with Crippen molar-refractivity contribution in [2.75, 3.05) is 5.32 Å². The van der Waals surface area contributed by atoms with Crippen molar-refractivity contribution in [2.45, 2.75) is 32.6 Å². The molecule has 6 heteroatoms.